The maximum absolute atomic E-state index is 13.0. The van der Waals surface area contributed by atoms with E-state index in [1.165, 1.54) is 0 Å². The van der Waals surface area contributed by atoms with Gasteiger partial charge in [-0.1, -0.05) is 24.3 Å². The molecule has 0 aliphatic rings. The average Bonchev–Trinajstić information content (AvgIpc) is 3.19. The van der Waals surface area contributed by atoms with Crippen molar-refractivity contribution in [2.75, 3.05) is 19.0 Å². The van der Waals surface area contributed by atoms with E-state index in [9.17, 15) is 4.79 Å². The second kappa shape index (κ2) is 8.59. The average molecular weight is 466 g/mol. The molecule has 0 fully saturated rings. The van der Waals surface area contributed by atoms with Crippen LogP contribution in [0.2, 0.25) is 0 Å². The molecule has 0 spiro atoms. The van der Waals surface area contributed by atoms with Gasteiger partial charge in [-0.2, -0.15) is 0 Å². The Hall–Kier alpha value is -3.32. The number of aromatic amines is 1. The highest BCUT2D eigenvalue weighted by molar-refractivity contribution is 9.10. The van der Waals surface area contributed by atoms with Gasteiger partial charge in [-0.3, -0.25) is 4.79 Å². The summed E-state index contributed by atoms with van der Waals surface area (Å²) in [4.78, 5) is 21.0. The lowest BCUT2D eigenvalue weighted by atomic mass is 10.1. The van der Waals surface area contributed by atoms with Crippen molar-refractivity contribution in [1.29, 1.82) is 0 Å². The molecule has 1 aromatic heterocycles. The van der Waals surface area contributed by atoms with E-state index in [2.05, 4.69) is 31.2 Å². The number of amides is 1. The third kappa shape index (κ3) is 3.89. The van der Waals surface area contributed by atoms with Crippen molar-refractivity contribution < 1.29 is 14.3 Å². The number of aromatic nitrogens is 2. The summed E-state index contributed by atoms with van der Waals surface area (Å²) in [7, 11) is 1.54. The summed E-state index contributed by atoms with van der Waals surface area (Å²) in [5.41, 5.74) is 3.72. The fourth-order valence-corrected chi connectivity index (χ4v) is 3.77. The number of fused-ring (bicyclic) bond motifs is 1. The Bertz CT molecular complexity index is 1190. The number of carbonyl (C=O) groups excluding carboxylic acids is 1. The summed E-state index contributed by atoms with van der Waals surface area (Å²) < 4.78 is 11.7. The monoisotopic (exact) mass is 465 g/mol. The molecule has 0 saturated heterocycles. The third-order valence-corrected chi connectivity index (χ3v) is 5.19. The first-order valence-corrected chi connectivity index (χ1v) is 10.3. The quantitative estimate of drug-likeness (QED) is 0.385. The number of carbonyl (C=O) groups is 1. The Balaban J connectivity index is 1.67. The predicted octanol–water partition coefficient (Wildman–Crippen LogP) is 5.65. The summed E-state index contributed by atoms with van der Waals surface area (Å²) in [6, 6.07) is 18.7. The summed E-state index contributed by atoms with van der Waals surface area (Å²) in [5.74, 6) is 1.49. The van der Waals surface area contributed by atoms with E-state index >= 15 is 0 Å². The van der Waals surface area contributed by atoms with Gasteiger partial charge < -0.3 is 19.8 Å². The van der Waals surface area contributed by atoms with Gasteiger partial charge in [0.05, 0.1) is 34.9 Å². The number of rotatable bonds is 6. The molecule has 1 heterocycles. The second-order valence-corrected chi connectivity index (χ2v) is 7.38. The van der Waals surface area contributed by atoms with Crippen LogP contribution in [0.25, 0.3) is 22.4 Å². The van der Waals surface area contributed by atoms with Gasteiger partial charge >= 0.3 is 0 Å². The number of hydrogen-bond acceptors (Lipinski definition) is 4. The minimum atomic E-state index is -0.263. The van der Waals surface area contributed by atoms with Crippen molar-refractivity contribution in [2.45, 2.75) is 6.92 Å². The molecule has 0 aliphatic heterocycles. The molecule has 0 aliphatic carbocycles. The number of hydrogen-bond donors (Lipinski definition) is 2. The third-order valence-electron chi connectivity index (χ3n) is 4.60. The highest BCUT2D eigenvalue weighted by Crippen LogP contribution is 2.37. The number of nitrogens with one attached hydrogen (secondary N) is 2. The normalized spacial score (nSPS) is 10.8. The van der Waals surface area contributed by atoms with Gasteiger partial charge in [0.15, 0.2) is 11.5 Å². The molecule has 0 bridgehead atoms. The molecular weight excluding hydrogens is 446 g/mol. The van der Waals surface area contributed by atoms with Crippen LogP contribution in [-0.2, 0) is 0 Å². The van der Waals surface area contributed by atoms with Gasteiger partial charge in [0.25, 0.3) is 5.91 Å². The molecule has 4 aromatic rings. The topological polar surface area (TPSA) is 76.2 Å². The Labute approximate surface area is 182 Å². The number of anilines is 1. The van der Waals surface area contributed by atoms with Crippen molar-refractivity contribution in [2.24, 2.45) is 0 Å². The van der Waals surface area contributed by atoms with E-state index in [0.717, 1.165) is 16.6 Å². The second-order valence-electron chi connectivity index (χ2n) is 6.52. The van der Waals surface area contributed by atoms with Gasteiger partial charge in [0.2, 0.25) is 0 Å². The molecule has 30 heavy (non-hydrogen) atoms. The van der Waals surface area contributed by atoms with Gasteiger partial charge in [-0.25, -0.2) is 4.98 Å². The standard InChI is InChI=1S/C23H20BrN3O3/c1-3-30-21-16(24)12-14(13-20(21)29-2)23(28)27-17-9-5-4-8-15(17)22-25-18-10-6-7-11-19(18)26-22/h4-13H,3H2,1-2H3,(H,25,26)(H,27,28). The van der Waals surface area contributed by atoms with Gasteiger partial charge in [0.1, 0.15) is 5.82 Å². The van der Waals surface area contributed by atoms with Crippen molar-refractivity contribution in [3.63, 3.8) is 0 Å². The Morgan fingerprint density at radius 2 is 1.90 bits per heavy atom. The lowest BCUT2D eigenvalue weighted by Crippen LogP contribution is -2.13. The molecule has 7 heteroatoms. The molecule has 0 unspecified atom stereocenters. The number of ether oxygens (including phenoxy) is 2. The first-order valence-electron chi connectivity index (χ1n) is 9.46. The highest BCUT2D eigenvalue weighted by atomic mass is 79.9. The molecule has 0 radical (unpaired) electrons. The summed E-state index contributed by atoms with van der Waals surface area (Å²) >= 11 is 3.46. The van der Waals surface area contributed by atoms with Gasteiger partial charge in [-0.15, -0.1) is 0 Å². The molecule has 6 nitrogen and oxygen atoms in total. The smallest absolute Gasteiger partial charge is 0.255 e. The van der Waals surface area contributed by atoms with Crippen LogP contribution < -0.4 is 14.8 Å². The van der Waals surface area contributed by atoms with E-state index in [0.29, 0.717) is 39.7 Å². The zero-order valence-corrected chi connectivity index (χ0v) is 18.1. The minimum Gasteiger partial charge on any atom is -0.493 e. The number of H-pyrrole nitrogens is 1. The highest BCUT2D eigenvalue weighted by Gasteiger charge is 2.17. The summed E-state index contributed by atoms with van der Waals surface area (Å²) in [6.45, 7) is 2.38. The summed E-state index contributed by atoms with van der Waals surface area (Å²) in [6.07, 6.45) is 0. The molecular formula is C23H20BrN3O3. The molecule has 152 valence electrons. The van der Waals surface area contributed by atoms with Crippen molar-refractivity contribution >= 4 is 38.6 Å². The number of nitrogens with zero attached hydrogens (tertiary/aromatic N) is 1. The van der Waals surface area contributed by atoms with Crippen LogP contribution in [0, 0.1) is 0 Å². The van der Waals surface area contributed by atoms with Crippen molar-refractivity contribution in [3.8, 4) is 22.9 Å². The van der Waals surface area contributed by atoms with Crippen molar-refractivity contribution in [3.05, 3.63) is 70.7 Å². The lowest BCUT2D eigenvalue weighted by molar-refractivity contribution is 0.102. The predicted molar refractivity (Wildman–Crippen MR) is 121 cm³/mol. The molecule has 0 atom stereocenters. The number of imidazole rings is 1. The molecule has 4 rings (SSSR count). The number of para-hydroxylation sites is 3. The fourth-order valence-electron chi connectivity index (χ4n) is 3.21. The minimum absolute atomic E-state index is 0.263. The first-order chi connectivity index (χ1) is 14.6. The Kier molecular flexibility index (Phi) is 5.72. The number of methoxy groups -OCH3 is 1. The van der Waals surface area contributed by atoms with E-state index in [4.69, 9.17) is 9.47 Å². The maximum Gasteiger partial charge on any atom is 0.255 e. The van der Waals surface area contributed by atoms with Crippen LogP contribution in [0.5, 0.6) is 11.5 Å². The molecule has 3 aromatic carbocycles. The Morgan fingerprint density at radius 1 is 1.13 bits per heavy atom. The van der Waals surface area contributed by atoms with Crippen LogP contribution >= 0.6 is 15.9 Å². The van der Waals surface area contributed by atoms with Crippen LogP contribution in [0.1, 0.15) is 17.3 Å². The first kappa shape index (κ1) is 20.0. The largest absolute Gasteiger partial charge is 0.493 e. The Morgan fingerprint density at radius 3 is 2.67 bits per heavy atom. The van der Waals surface area contributed by atoms with E-state index < -0.39 is 0 Å². The molecule has 1 amide bonds. The molecule has 2 N–H and O–H groups in total. The lowest BCUT2D eigenvalue weighted by Gasteiger charge is -2.14. The maximum atomic E-state index is 13.0. The zero-order chi connectivity index (χ0) is 21.1. The van der Waals surface area contributed by atoms with Crippen molar-refractivity contribution in [1.82, 2.24) is 9.97 Å². The van der Waals surface area contributed by atoms with Crippen LogP contribution in [-0.4, -0.2) is 29.6 Å². The SMILES string of the molecule is CCOc1c(Br)cc(C(=O)Nc2ccccc2-c2nc3ccccc3[nH]2)cc1OC. The van der Waals surface area contributed by atoms with E-state index in [-0.39, 0.29) is 5.91 Å². The fraction of sp³-hybridized carbons (Fsp3) is 0.130. The summed E-state index contributed by atoms with van der Waals surface area (Å²) in [5, 5.41) is 2.98. The van der Waals surface area contributed by atoms with Crippen LogP contribution in [0.3, 0.4) is 0 Å². The van der Waals surface area contributed by atoms with Crippen LogP contribution in [0.15, 0.2) is 65.1 Å². The van der Waals surface area contributed by atoms with E-state index in [1.54, 1.807) is 19.2 Å². The zero-order valence-electron chi connectivity index (χ0n) is 16.5. The van der Waals surface area contributed by atoms with Crippen LogP contribution in [0.4, 0.5) is 5.69 Å². The number of halogens is 1. The van der Waals surface area contributed by atoms with E-state index in [1.807, 2.05) is 55.5 Å². The van der Waals surface area contributed by atoms with Gasteiger partial charge in [-0.05, 0) is 59.3 Å². The molecule has 0 saturated carbocycles. The van der Waals surface area contributed by atoms with Gasteiger partial charge in [0, 0.05) is 11.1 Å². The number of benzene rings is 3.